The summed E-state index contributed by atoms with van der Waals surface area (Å²) in [5.74, 6) is 0.318. The third kappa shape index (κ3) is 6.89. The molecule has 0 aliphatic rings. The van der Waals surface area contributed by atoms with E-state index in [1.807, 2.05) is 13.0 Å². The van der Waals surface area contributed by atoms with Crippen LogP contribution in [0.15, 0.2) is 12.1 Å². The third-order valence-electron chi connectivity index (χ3n) is 2.48. The molecule has 0 aliphatic carbocycles. The SMILES string of the molecule is CCCNCc1cc(Cl)c(OCC(N)=O)c(OCC)c1.Cl. The van der Waals surface area contributed by atoms with E-state index in [2.05, 4.69) is 12.2 Å². The summed E-state index contributed by atoms with van der Waals surface area (Å²) in [6.45, 7) is 5.85. The number of amides is 1. The number of nitrogens with two attached hydrogens (primary N) is 1. The first kappa shape index (κ1) is 19.8. The Bertz CT molecular complexity index is 456. The molecule has 0 aliphatic heterocycles. The summed E-state index contributed by atoms with van der Waals surface area (Å²) in [5.41, 5.74) is 6.07. The van der Waals surface area contributed by atoms with E-state index in [0.29, 0.717) is 29.7 Å². The number of benzene rings is 1. The number of halogens is 2. The van der Waals surface area contributed by atoms with Gasteiger partial charge in [-0.3, -0.25) is 4.79 Å². The van der Waals surface area contributed by atoms with Gasteiger partial charge < -0.3 is 20.5 Å². The number of ether oxygens (including phenoxy) is 2. The van der Waals surface area contributed by atoms with Crippen LogP contribution in [0.1, 0.15) is 25.8 Å². The molecule has 3 N–H and O–H groups in total. The fourth-order valence-electron chi connectivity index (χ4n) is 1.68. The van der Waals surface area contributed by atoms with E-state index in [0.717, 1.165) is 18.5 Å². The lowest BCUT2D eigenvalue weighted by molar-refractivity contribution is -0.119. The summed E-state index contributed by atoms with van der Waals surface area (Å²) in [6.07, 6.45) is 1.06. The number of nitrogens with one attached hydrogen (secondary N) is 1. The molecule has 1 aromatic rings. The van der Waals surface area contributed by atoms with Gasteiger partial charge in [0.1, 0.15) is 0 Å². The van der Waals surface area contributed by atoms with Gasteiger partial charge in [-0.1, -0.05) is 18.5 Å². The van der Waals surface area contributed by atoms with Gasteiger partial charge in [0.2, 0.25) is 0 Å². The van der Waals surface area contributed by atoms with Crippen molar-refractivity contribution in [2.24, 2.45) is 5.73 Å². The lowest BCUT2D eigenvalue weighted by Gasteiger charge is -2.14. The Kier molecular flexibility index (Phi) is 9.95. The molecular weight excluding hydrogens is 315 g/mol. The second-order valence-corrected chi connectivity index (χ2v) is 4.68. The molecule has 0 radical (unpaired) electrons. The van der Waals surface area contributed by atoms with E-state index in [4.69, 9.17) is 26.8 Å². The third-order valence-corrected chi connectivity index (χ3v) is 2.76. The maximum atomic E-state index is 10.8. The van der Waals surface area contributed by atoms with Crippen LogP contribution in [0.4, 0.5) is 0 Å². The maximum Gasteiger partial charge on any atom is 0.255 e. The fraction of sp³-hybridized carbons (Fsp3) is 0.500. The summed E-state index contributed by atoms with van der Waals surface area (Å²) >= 11 is 6.18. The second kappa shape index (κ2) is 10.5. The van der Waals surface area contributed by atoms with Crippen LogP contribution in [0.2, 0.25) is 5.02 Å². The number of carbonyl (C=O) groups is 1. The zero-order valence-electron chi connectivity index (χ0n) is 12.3. The highest BCUT2D eigenvalue weighted by molar-refractivity contribution is 6.32. The van der Waals surface area contributed by atoms with Gasteiger partial charge in [0.15, 0.2) is 18.1 Å². The molecule has 7 heteroatoms. The number of hydrogen-bond donors (Lipinski definition) is 2. The molecule has 21 heavy (non-hydrogen) atoms. The molecule has 0 saturated carbocycles. The van der Waals surface area contributed by atoms with Crippen LogP contribution in [-0.4, -0.2) is 25.7 Å². The van der Waals surface area contributed by atoms with Gasteiger partial charge in [-0.05, 0) is 37.6 Å². The monoisotopic (exact) mass is 336 g/mol. The quantitative estimate of drug-likeness (QED) is 0.679. The Labute approximate surface area is 136 Å². The van der Waals surface area contributed by atoms with E-state index in [1.54, 1.807) is 6.07 Å². The molecule has 5 nitrogen and oxygen atoms in total. The summed E-state index contributed by atoms with van der Waals surface area (Å²) in [6, 6.07) is 3.65. The molecule has 0 fully saturated rings. The number of rotatable bonds is 9. The summed E-state index contributed by atoms with van der Waals surface area (Å²) in [5, 5.41) is 3.70. The molecule has 1 rings (SSSR count). The van der Waals surface area contributed by atoms with Gasteiger partial charge in [-0.25, -0.2) is 0 Å². The smallest absolute Gasteiger partial charge is 0.255 e. The topological polar surface area (TPSA) is 73.6 Å². The summed E-state index contributed by atoms with van der Waals surface area (Å²) < 4.78 is 10.8. The molecule has 1 aromatic carbocycles. The Morgan fingerprint density at radius 1 is 1.33 bits per heavy atom. The van der Waals surface area contributed by atoms with Crippen molar-refractivity contribution in [2.45, 2.75) is 26.8 Å². The molecule has 0 spiro atoms. The van der Waals surface area contributed by atoms with Crippen molar-refractivity contribution in [3.05, 3.63) is 22.7 Å². The highest BCUT2D eigenvalue weighted by Gasteiger charge is 2.13. The zero-order valence-corrected chi connectivity index (χ0v) is 13.9. The Morgan fingerprint density at radius 3 is 2.62 bits per heavy atom. The molecular formula is C14H22Cl2N2O3. The van der Waals surface area contributed by atoms with Gasteiger partial charge in [0.05, 0.1) is 11.6 Å². The van der Waals surface area contributed by atoms with Crippen molar-refractivity contribution < 1.29 is 14.3 Å². The minimum absolute atomic E-state index is 0. The molecule has 120 valence electrons. The van der Waals surface area contributed by atoms with Crippen LogP contribution < -0.4 is 20.5 Å². The molecule has 0 bridgehead atoms. The lowest BCUT2D eigenvalue weighted by atomic mass is 10.2. The summed E-state index contributed by atoms with van der Waals surface area (Å²) in [7, 11) is 0. The van der Waals surface area contributed by atoms with E-state index in [1.165, 1.54) is 0 Å². The highest BCUT2D eigenvalue weighted by Crippen LogP contribution is 2.36. The molecule has 0 heterocycles. The zero-order chi connectivity index (χ0) is 15.0. The minimum atomic E-state index is -0.558. The van der Waals surface area contributed by atoms with E-state index in [9.17, 15) is 4.79 Å². The van der Waals surface area contributed by atoms with Crippen molar-refractivity contribution in [3.8, 4) is 11.5 Å². The Morgan fingerprint density at radius 2 is 2.05 bits per heavy atom. The number of hydrogen-bond acceptors (Lipinski definition) is 4. The van der Waals surface area contributed by atoms with Crippen molar-refractivity contribution >= 4 is 29.9 Å². The normalized spacial score (nSPS) is 9.86. The number of carbonyl (C=O) groups excluding carboxylic acids is 1. The van der Waals surface area contributed by atoms with Gasteiger partial charge >= 0.3 is 0 Å². The average Bonchev–Trinajstić information content (AvgIpc) is 2.38. The molecule has 0 atom stereocenters. The highest BCUT2D eigenvalue weighted by atomic mass is 35.5. The molecule has 0 unspecified atom stereocenters. The molecule has 1 amide bonds. The summed E-state index contributed by atoms with van der Waals surface area (Å²) in [4.78, 5) is 10.8. The average molecular weight is 337 g/mol. The Hall–Kier alpha value is -1.17. The van der Waals surface area contributed by atoms with E-state index >= 15 is 0 Å². The van der Waals surface area contributed by atoms with E-state index in [-0.39, 0.29) is 19.0 Å². The first-order chi connectivity index (χ1) is 9.58. The fourth-order valence-corrected chi connectivity index (χ4v) is 1.97. The molecule has 0 aromatic heterocycles. The van der Waals surface area contributed by atoms with Crippen LogP contribution in [0.3, 0.4) is 0 Å². The van der Waals surface area contributed by atoms with Gasteiger partial charge in [-0.15, -0.1) is 12.4 Å². The van der Waals surface area contributed by atoms with Crippen LogP contribution in [0.25, 0.3) is 0 Å². The van der Waals surface area contributed by atoms with Crippen LogP contribution in [-0.2, 0) is 11.3 Å². The standard InChI is InChI=1S/C14H21ClN2O3.ClH/c1-3-5-17-8-10-6-11(15)14(20-9-13(16)18)12(7-10)19-4-2;/h6-7,17H,3-5,8-9H2,1-2H3,(H2,16,18);1H. The predicted molar refractivity (Wildman–Crippen MR) is 86.6 cm³/mol. The minimum Gasteiger partial charge on any atom is -0.490 e. The van der Waals surface area contributed by atoms with Crippen LogP contribution in [0, 0.1) is 0 Å². The first-order valence-corrected chi connectivity index (χ1v) is 7.03. The van der Waals surface area contributed by atoms with Gasteiger partial charge in [-0.2, -0.15) is 0 Å². The van der Waals surface area contributed by atoms with Gasteiger partial charge in [0, 0.05) is 6.54 Å². The predicted octanol–water partition coefficient (Wildman–Crippen LogP) is 2.52. The van der Waals surface area contributed by atoms with Crippen molar-refractivity contribution in [1.82, 2.24) is 5.32 Å². The molecule has 0 saturated heterocycles. The van der Waals surface area contributed by atoms with Crippen LogP contribution in [0.5, 0.6) is 11.5 Å². The maximum absolute atomic E-state index is 10.8. The van der Waals surface area contributed by atoms with Crippen molar-refractivity contribution in [3.63, 3.8) is 0 Å². The lowest BCUT2D eigenvalue weighted by Crippen LogP contribution is -2.20. The Balaban J connectivity index is 0.00000400. The van der Waals surface area contributed by atoms with Crippen LogP contribution >= 0.6 is 24.0 Å². The largest absolute Gasteiger partial charge is 0.490 e. The van der Waals surface area contributed by atoms with E-state index < -0.39 is 5.91 Å². The van der Waals surface area contributed by atoms with Gasteiger partial charge in [0.25, 0.3) is 5.91 Å². The van der Waals surface area contributed by atoms with Crippen molar-refractivity contribution in [2.75, 3.05) is 19.8 Å². The first-order valence-electron chi connectivity index (χ1n) is 6.65. The number of primary amides is 1. The van der Waals surface area contributed by atoms with Crippen molar-refractivity contribution in [1.29, 1.82) is 0 Å². The second-order valence-electron chi connectivity index (χ2n) is 4.27.